The molecular formula is C23H28N2O5. The van der Waals surface area contributed by atoms with Crippen molar-refractivity contribution in [3.8, 4) is 17.2 Å². The lowest BCUT2D eigenvalue weighted by Gasteiger charge is -2.30. The number of rotatable bonds is 8. The van der Waals surface area contributed by atoms with Crippen LogP contribution in [-0.4, -0.2) is 43.5 Å². The summed E-state index contributed by atoms with van der Waals surface area (Å²) in [7, 11) is 1.59. The van der Waals surface area contributed by atoms with Gasteiger partial charge in [-0.2, -0.15) is 0 Å². The number of carbonyl (C=O) groups excluding carboxylic acids is 2. The molecule has 1 saturated heterocycles. The van der Waals surface area contributed by atoms with Gasteiger partial charge in [-0.15, -0.1) is 0 Å². The van der Waals surface area contributed by atoms with E-state index in [1.165, 1.54) is 0 Å². The normalized spacial score (nSPS) is 14.3. The SMILES string of the molecule is CCOc1ccc(C(=O)N2CCC(C(N)=O)CC2)cc1COc1ccccc1OC. The third-order valence-corrected chi connectivity index (χ3v) is 5.24. The van der Waals surface area contributed by atoms with Gasteiger partial charge in [-0.05, 0) is 50.1 Å². The summed E-state index contributed by atoms with van der Waals surface area (Å²) < 4.78 is 17.0. The van der Waals surface area contributed by atoms with Gasteiger partial charge in [-0.3, -0.25) is 9.59 Å². The number of piperidine rings is 1. The first-order chi connectivity index (χ1) is 14.5. The molecule has 1 heterocycles. The van der Waals surface area contributed by atoms with Crippen molar-refractivity contribution in [2.24, 2.45) is 11.7 Å². The first-order valence-corrected chi connectivity index (χ1v) is 10.1. The molecule has 0 aromatic heterocycles. The largest absolute Gasteiger partial charge is 0.493 e. The van der Waals surface area contributed by atoms with Crippen LogP contribution in [0.4, 0.5) is 0 Å². The van der Waals surface area contributed by atoms with Crippen LogP contribution in [0.2, 0.25) is 0 Å². The molecule has 1 aliphatic rings. The van der Waals surface area contributed by atoms with E-state index in [1.54, 1.807) is 24.1 Å². The Kier molecular flexibility index (Phi) is 7.17. The quantitative estimate of drug-likeness (QED) is 0.720. The Labute approximate surface area is 176 Å². The molecule has 3 rings (SSSR count). The van der Waals surface area contributed by atoms with Gasteiger partial charge in [-0.1, -0.05) is 12.1 Å². The van der Waals surface area contributed by atoms with Crippen LogP contribution in [-0.2, 0) is 11.4 Å². The number of hydrogen-bond donors (Lipinski definition) is 1. The highest BCUT2D eigenvalue weighted by Crippen LogP contribution is 2.29. The molecule has 7 nitrogen and oxygen atoms in total. The number of primary amides is 1. The van der Waals surface area contributed by atoms with Crippen molar-refractivity contribution in [1.82, 2.24) is 4.90 Å². The molecule has 30 heavy (non-hydrogen) atoms. The Bertz CT molecular complexity index is 891. The van der Waals surface area contributed by atoms with Crippen molar-refractivity contribution >= 4 is 11.8 Å². The standard InChI is InChI=1S/C23H28N2O5/c1-3-29-19-9-8-17(23(27)25-12-10-16(11-13-25)22(24)26)14-18(19)15-30-21-7-5-4-6-20(21)28-2/h4-9,14,16H,3,10-13,15H2,1-2H3,(H2,24,26). The summed E-state index contributed by atoms with van der Waals surface area (Å²) in [6.07, 6.45) is 1.20. The van der Waals surface area contributed by atoms with Crippen LogP contribution < -0.4 is 19.9 Å². The van der Waals surface area contributed by atoms with Crippen molar-refractivity contribution in [3.63, 3.8) is 0 Å². The summed E-state index contributed by atoms with van der Waals surface area (Å²) in [5, 5.41) is 0. The molecule has 0 unspecified atom stereocenters. The molecule has 2 aromatic rings. The summed E-state index contributed by atoms with van der Waals surface area (Å²) in [6, 6.07) is 12.8. The van der Waals surface area contributed by atoms with E-state index in [0.29, 0.717) is 55.4 Å². The van der Waals surface area contributed by atoms with Crippen molar-refractivity contribution in [3.05, 3.63) is 53.6 Å². The fraction of sp³-hybridized carbons (Fsp3) is 0.391. The molecule has 0 spiro atoms. The van der Waals surface area contributed by atoms with Crippen molar-refractivity contribution in [2.75, 3.05) is 26.8 Å². The molecule has 2 amide bonds. The maximum atomic E-state index is 13.0. The number of likely N-dealkylation sites (tertiary alicyclic amines) is 1. The molecule has 0 saturated carbocycles. The Hall–Kier alpha value is -3.22. The highest BCUT2D eigenvalue weighted by atomic mass is 16.5. The highest BCUT2D eigenvalue weighted by Gasteiger charge is 2.26. The minimum Gasteiger partial charge on any atom is -0.493 e. The second-order valence-corrected chi connectivity index (χ2v) is 7.16. The van der Waals surface area contributed by atoms with Crippen LogP contribution in [0.3, 0.4) is 0 Å². The van der Waals surface area contributed by atoms with Gasteiger partial charge in [0.1, 0.15) is 12.4 Å². The number of amides is 2. The first kappa shape index (κ1) is 21.5. The van der Waals surface area contributed by atoms with Crippen LogP contribution >= 0.6 is 0 Å². The minimum absolute atomic E-state index is 0.0699. The number of carbonyl (C=O) groups is 2. The Balaban J connectivity index is 1.75. The van der Waals surface area contributed by atoms with Crippen LogP contribution in [0.5, 0.6) is 17.2 Å². The average molecular weight is 412 g/mol. The second kappa shape index (κ2) is 10.0. The number of benzene rings is 2. The lowest BCUT2D eigenvalue weighted by molar-refractivity contribution is -0.123. The zero-order valence-electron chi connectivity index (χ0n) is 17.4. The highest BCUT2D eigenvalue weighted by molar-refractivity contribution is 5.94. The summed E-state index contributed by atoms with van der Waals surface area (Å²) in [6.45, 7) is 3.70. The molecule has 0 atom stereocenters. The van der Waals surface area contributed by atoms with Gasteiger partial charge < -0.3 is 24.8 Å². The maximum absolute atomic E-state index is 13.0. The smallest absolute Gasteiger partial charge is 0.253 e. The van der Waals surface area contributed by atoms with E-state index in [9.17, 15) is 9.59 Å². The van der Waals surface area contributed by atoms with Crippen molar-refractivity contribution < 1.29 is 23.8 Å². The lowest BCUT2D eigenvalue weighted by Crippen LogP contribution is -2.41. The van der Waals surface area contributed by atoms with E-state index < -0.39 is 0 Å². The predicted octanol–water partition coefficient (Wildman–Crippen LogP) is 3.01. The number of nitrogens with two attached hydrogens (primary N) is 1. The molecule has 2 aromatic carbocycles. The van der Waals surface area contributed by atoms with Crippen LogP contribution in [0.25, 0.3) is 0 Å². The zero-order chi connectivity index (χ0) is 21.5. The van der Waals surface area contributed by atoms with Gasteiger partial charge in [-0.25, -0.2) is 0 Å². The van der Waals surface area contributed by atoms with Gasteiger partial charge in [0.05, 0.1) is 13.7 Å². The minimum atomic E-state index is -0.293. The van der Waals surface area contributed by atoms with E-state index >= 15 is 0 Å². The third kappa shape index (κ3) is 5.03. The number of methoxy groups -OCH3 is 1. The number of nitrogens with zero attached hydrogens (tertiary/aromatic N) is 1. The lowest BCUT2D eigenvalue weighted by atomic mass is 9.95. The van der Waals surface area contributed by atoms with E-state index in [2.05, 4.69) is 0 Å². The van der Waals surface area contributed by atoms with Gasteiger partial charge in [0.25, 0.3) is 5.91 Å². The molecule has 160 valence electrons. The van der Waals surface area contributed by atoms with E-state index in [0.717, 1.165) is 5.56 Å². The van der Waals surface area contributed by atoms with Crippen LogP contribution in [0.15, 0.2) is 42.5 Å². The summed E-state index contributed by atoms with van der Waals surface area (Å²) in [5.74, 6) is 1.42. The van der Waals surface area contributed by atoms with Crippen LogP contribution in [0.1, 0.15) is 35.7 Å². The van der Waals surface area contributed by atoms with Crippen LogP contribution in [0, 0.1) is 5.92 Å². The van der Waals surface area contributed by atoms with Crippen molar-refractivity contribution in [1.29, 1.82) is 0 Å². The molecule has 1 fully saturated rings. The molecule has 7 heteroatoms. The monoisotopic (exact) mass is 412 g/mol. The van der Waals surface area contributed by atoms with Crippen molar-refractivity contribution in [2.45, 2.75) is 26.4 Å². The number of para-hydroxylation sites is 2. The Morgan fingerprint density at radius 1 is 1.03 bits per heavy atom. The fourth-order valence-electron chi connectivity index (χ4n) is 3.56. The molecule has 0 radical (unpaired) electrons. The molecule has 0 bridgehead atoms. The van der Waals surface area contributed by atoms with Gasteiger partial charge in [0.15, 0.2) is 11.5 Å². The summed E-state index contributed by atoms with van der Waals surface area (Å²) >= 11 is 0. The zero-order valence-corrected chi connectivity index (χ0v) is 17.4. The molecule has 1 aliphatic heterocycles. The summed E-state index contributed by atoms with van der Waals surface area (Å²) in [4.78, 5) is 26.1. The van der Waals surface area contributed by atoms with Gasteiger partial charge in [0.2, 0.25) is 5.91 Å². The fourth-order valence-corrected chi connectivity index (χ4v) is 3.56. The van der Waals surface area contributed by atoms with Gasteiger partial charge in [0, 0.05) is 30.1 Å². The third-order valence-electron chi connectivity index (χ3n) is 5.24. The molecular weight excluding hydrogens is 384 g/mol. The van der Waals surface area contributed by atoms with E-state index in [1.807, 2.05) is 37.3 Å². The molecule has 0 aliphatic carbocycles. The Morgan fingerprint density at radius 2 is 1.73 bits per heavy atom. The summed E-state index contributed by atoms with van der Waals surface area (Å²) in [5.41, 5.74) is 6.73. The van der Waals surface area contributed by atoms with E-state index in [4.69, 9.17) is 19.9 Å². The first-order valence-electron chi connectivity index (χ1n) is 10.1. The number of ether oxygens (including phenoxy) is 3. The van der Waals surface area contributed by atoms with E-state index in [-0.39, 0.29) is 24.3 Å². The molecule has 2 N–H and O–H groups in total. The maximum Gasteiger partial charge on any atom is 0.253 e. The second-order valence-electron chi connectivity index (χ2n) is 7.16. The van der Waals surface area contributed by atoms with Gasteiger partial charge >= 0.3 is 0 Å². The average Bonchev–Trinajstić information content (AvgIpc) is 2.78. The number of hydrogen-bond acceptors (Lipinski definition) is 5. The topological polar surface area (TPSA) is 91.1 Å². The predicted molar refractivity (Wildman–Crippen MR) is 113 cm³/mol. The Morgan fingerprint density at radius 3 is 2.37 bits per heavy atom.